The van der Waals surface area contributed by atoms with Gasteiger partial charge in [-0.05, 0) is 10.4 Å². The summed E-state index contributed by atoms with van der Waals surface area (Å²) >= 11 is 0. The second-order valence-electron chi connectivity index (χ2n) is 1.74. The molecule has 0 spiro atoms. The Kier molecular flexibility index (Phi) is 1.53. The topological polar surface area (TPSA) is 104 Å². The molecule has 2 rings (SSSR count). The van der Waals surface area contributed by atoms with Gasteiger partial charge in [-0.3, -0.25) is 0 Å². The number of anilines is 1. The van der Waals surface area contributed by atoms with Crippen molar-refractivity contribution in [2.45, 2.75) is 0 Å². The third kappa shape index (κ3) is 1.14. The Morgan fingerprint density at radius 2 is 2.08 bits per heavy atom. The average Bonchev–Trinajstić information content (AvgIpc) is 2.21. The Morgan fingerprint density at radius 1 is 1.25 bits per heavy atom. The minimum Gasteiger partial charge on any atom is -0.190 e. The van der Waals surface area contributed by atoms with Gasteiger partial charge in [-0.2, -0.15) is 10.5 Å². The van der Waals surface area contributed by atoms with Crippen LogP contribution in [0.5, 0.6) is 0 Å². The van der Waals surface area contributed by atoms with Crippen LogP contribution in [0.4, 0.5) is 5.95 Å². The number of nitrogens with zero attached hydrogens (tertiary/aromatic N) is 8. The van der Waals surface area contributed by atoms with Crippen LogP contribution in [0.2, 0.25) is 0 Å². The van der Waals surface area contributed by atoms with Crippen molar-refractivity contribution in [3.05, 3.63) is 6.33 Å². The molecule has 0 amide bonds. The predicted molar refractivity (Wildman–Crippen MR) is 36.6 cm³/mol. The van der Waals surface area contributed by atoms with Crippen LogP contribution in [0.15, 0.2) is 21.9 Å². The molecule has 0 bridgehead atoms. The number of hydrogen-bond donors (Lipinski definition) is 1. The van der Waals surface area contributed by atoms with Crippen molar-refractivity contribution in [2.75, 3.05) is 5.01 Å². The first-order valence-corrected chi connectivity index (χ1v) is 2.95. The van der Waals surface area contributed by atoms with Crippen LogP contribution in [0.25, 0.3) is 0 Å². The Balaban J connectivity index is 2.21. The quantitative estimate of drug-likeness (QED) is 0.566. The van der Waals surface area contributed by atoms with Crippen molar-refractivity contribution < 1.29 is 0 Å². The molecule has 1 aliphatic heterocycles. The SMILES string of the molecule is C1=NN=NNN1c1nncnn1. The summed E-state index contributed by atoms with van der Waals surface area (Å²) in [6.45, 7) is 0. The van der Waals surface area contributed by atoms with Gasteiger partial charge in [0, 0.05) is 0 Å². The zero-order valence-corrected chi connectivity index (χ0v) is 5.73. The number of hydrogen-bond acceptors (Lipinski definition) is 9. The van der Waals surface area contributed by atoms with Crippen molar-refractivity contribution >= 4 is 12.3 Å². The molecule has 12 heavy (non-hydrogen) atoms. The normalized spacial score (nSPS) is 14.5. The molecule has 1 aromatic heterocycles. The molecule has 0 fully saturated rings. The van der Waals surface area contributed by atoms with Crippen molar-refractivity contribution in [1.29, 1.82) is 0 Å². The van der Waals surface area contributed by atoms with E-state index in [2.05, 4.69) is 41.5 Å². The first-order valence-electron chi connectivity index (χ1n) is 2.95. The lowest BCUT2D eigenvalue weighted by atomic mass is 10.9. The number of hydrazine groups is 1. The molecule has 0 unspecified atom stereocenters. The lowest BCUT2D eigenvalue weighted by Crippen LogP contribution is -2.35. The van der Waals surface area contributed by atoms with Gasteiger partial charge in [0.15, 0.2) is 6.33 Å². The highest BCUT2D eigenvalue weighted by molar-refractivity contribution is 5.73. The third-order valence-corrected chi connectivity index (χ3v) is 1.03. The first-order chi connectivity index (χ1) is 5.97. The maximum atomic E-state index is 3.65. The van der Waals surface area contributed by atoms with Crippen molar-refractivity contribution in [3.8, 4) is 0 Å². The summed E-state index contributed by atoms with van der Waals surface area (Å²) in [6.07, 6.45) is 2.58. The van der Waals surface area contributed by atoms with Gasteiger partial charge < -0.3 is 0 Å². The van der Waals surface area contributed by atoms with Crippen LogP contribution in [0.1, 0.15) is 0 Å². The van der Waals surface area contributed by atoms with Gasteiger partial charge in [-0.1, -0.05) is 0 Å². The lowest BCUT2D eigenvalue weighted by molar-refractivity contribution is 0.654. The van der Waals surface area contributed by atoms with E-state index in [0.717, 1.165) is 0 Å². The van der Waals surface area contributed by atoms with Crippen LogP contribution >= 0.6 is 0 Å². The molecular formula is C3H3N9. The molecule has 9 heteroatoms. The maximum absolute atomic E-state index is 3.65. The van der Waals surface area contributed by atoms with Gasteiger partial charge in [-0.25, -0.2) is 0 Å². The standard InChI is InChI=1S/C3H3N9/c1-4-7-3(8-5-1)12-2-6-9-10-11-12/h1-2H,(H,9,11). The number of aromatic nitrogens is 4. The monoisotopic (exact) mass is 165 g/mol. The van der Waals surface area contributed by atoms with Crippen LogP contribution in [-0.2, 0) is 0 Å². The number of rotatable bonds is 1. The fourth-order valence-corrected chi connectivity index (χ4v) is 0.585. The van der Waals surface area contributed by atoms with E-state index in [1.807, 2.05) is 0 Å². The van der Waals surface area contributed by atoms with Gasteiger partial charge >= 0.3 is 0 Å². The molecule has 0 aromatic carbocycles. The van der Waals surface area contributed by atoms with Gasteiger partial charge in [0.2, 0.25) is 0 Å². The highest BCUT2D eigenvalue weighted by Gasteiger charge is 2.07. The largest absolute Gasteiger partial charge is 0.290 e. The molecule has 1 aromatic rings. The molecule has 0 saturated heterocycles. The Hall–Kier alpha value is -2.19. The Labute approximate surface area is 66.2 Å². The molecule has 1 aliphatic rings. The van der Waals surface area contributed by atoms with E-state index in [1.54, 1.807) is 0 Å². The highest BCUT2D eigenvalue weighted by atomic mass is 15.8. The van der Waals surface area contributed by atoms with Gasteiger partial charge in [0.1, 0.15) is 6.34 Å². The smallest absolute Gasteiger partial charge is 0.190 e. The van der Waals surface area contributed by atoms with Crippen LogP contribution in [0, 0.1) is 0 Å². The van der Waals surface area contributed by atoms with E-state index in [-0.39, 0.29) is 5.95 Å². The fraction of sp³-hybridized carbons (Fsp3) is 0. The average molecular weight is 165 g/mol. The number of nitrogens with one attached hydrogen (secondary N) is 1. The minimum atomic E-state index is 0.250. The molecule has 0 saturated carbocycles. The van der Waals surface area contributed by atoms with Crippen LogP contribution in [0.3, 0.4) is 0 Å². The molecule has 0 aliphatic carbocycles. The van der Waals surface area contributed by atoms with E-state index in [0.29, 0.717) is 0 Å². The molecular weight excluding hydrogens is 162 g/mol. The van der Waals surface area contributed by atoms with E-state index in [4.69, 9.17) is 0 Å². The summed E-state index contributed by atoms with van der Waals surface area (Å²) in [5.41, 5.74) is 2.47. The van der Waals surface area contributed by atoms with Gasteiger partial charge in [0.05, 0.1) is 0 Å². The van der Waals surface area contributed by atoms with Crippen LogP contribution in [-0.4, -0.2) is 26.7 Å². The van der Waals surface area contributed by atoms with E-state index in [9.17, 15) is 0 Å². The highest BCUT2D eigenvalue weighted by Crippen LogP contribution is 1.98. The van der Waals surface area contributed by atoms with Crippen molar-refractivity contribution in [1.82, 2.24) is 25.9 Å². The Morgan fingerprint density at radius 3 is 2.75 bits per heavy atom. The van der Waals surface area contributed by atoms with E-state index in [1.165, 1.54) is 17.7 Å². The molecule has 60 valence electrons. The van der Waals surface area contributed by atoms with Gasteiger partial charge in [0.25, 0.3) is 5.95 Å². The second kappa shape index (κ2) is 2.82. The van der Waals surface area contributed by atoms with E-state index < -0.39 is 0 Å². The lowest BCUT2D eigenvalue weighted by Gasteiger charge is -2.13. The second-order valence-corrected chi connectivity index (χ2v) is 1.74. The summed E-state index contributed by atoms with van der Waals surface area (Å²) in [7, 11) is 0. The third-order valence-electron chi connectivity index (χ3n) is 1.03. The minimum absolute atomic E-state index is 0.250. The zero-order chi connectivity index (χ0) is 8.23. The molecule has 2 heterocycles. The predicted octanol–water partition coefficient (Wildman–Crippen LogP) is -1.10. The summed E-state index contributed by atoms with van der Waals surface area (Å²) < 4.78 is 0. The van der Waals surface area contributed by atoms with E-state index >= 15 is 0 Å². The van der Waals surface area contributed by atoms with Crippen molar-refractivity contribution in [3.63, 3.8) is 0 Å². The molecule has 0 atom stereocenters. The molecule has 0 radical (unpaired) electrons. The first kappa shape index (κ1) is 6.52. The van der Waals surface area contributed by atoms with Gasteiger partial charge in [-0.15, -0.1) is 25.5 Å². The summed E-state index contributed by atoms with van der Waals surface area (Å²) in [5, 5.41) is 25.9. The summed E-state index contributed by atoms with van der Waals surface area (Å²) in [5.74, 6) is 0.250. The Bertz CT molecular complexity index is 303. The summed E-state index contributed by atoms with van der Waals surface area (Å²) in [6, 6.07) is 0. The fourth-order valence-electron chi connectivity index (χ4n) is 0.585. The maximum Gasteiger partial charge on any atom is 0.290 e. The van der Waals surface area contributed by atoms with Crippen molar-refractivity contribution in [2.24, 2.45) is 15.5 Å². The zero-order valence-electron chi connectivity index (χ0n) is 5.73. The van der Waals surface area contributed by atoms with Crippen LogP contribution < -0.4 is 10.5 Å². The summed E-state index contributed by atoms with van der Waals surface area (Å²) in [4.78, 5) is 0. The molecule has 1 N–H and O–H groups in total. The molecule has 9 nitrogen and oxygen atoms in total.